The Balaban J connectivity index is 2.66. The Morgan fingerprint density at radius 3 is 1.25 bits per heavy atom. The molecule has 0 aromatic heterocycles. The van der Waals surface area contributed by atoms with Crippen molar-refractivity contribution >= 4 is 23.9 Å². The van der Waals surface area contributed by atoms with E-state index >= 15 is 0 Å². The van der Waals surface area contributed by atoms with Crippen molar-refractivity contribution in [3.05, 3.63) is 85.1 Å². The zero-order chi connectivity index (χ0) is 58.9. The van der Waals surface area contributed by atoms with Gasteiger partial charge in [0, 0.05) is 19.3 Å². The van der Waals surface area contributed by atoms with Gasteiger partial charge in [0.2, 0.25) is 0 Å². The van der Waals surface area contributed by atoms with E-state index in [1.807, 2.05) is 0 Å². The second kappa shape index (κ2) is 56.4. The zero-order valence-electron chi connectivity index (χ0n) is 51.3. The first-order valence-electron chi connectivity index (χ1n) is 32.6. The number of hydrogen-bond donors (Lipinski definition) is 3. The molecule has 1 aliphatic rings. The highest BCUT2D eigenvalue weighted by atomic mass is 16.7. The Hall–Kier alpha value is -4.10. The number of aliphatic carboxylic acids is 1. The fourth-order valence-corrected chi connectivity index (χ4v) is 9.49. The lowest BCUT2D eigenvalue weighted by Gasteiger charge is -2.40. The summed E-state index contributed by atoms with van der Waals surface area (Å²) in [6.45, 7) is 5.80. The SMILES string of the molecule is CC/C=C\C/C=C\C/C=C\C/C=C\C/C=C\CCCCCC(=O)OCC(COC1OC(C(=O)O)C(O)C(O)C1OC(=O)CCCCCCCCCCCCCCCCCCCCC)OC(=O)CCCCCCC/C=C\C/C=C\CCC. The van der Waals surface area contributed by atoms with E-state index in [1.165, 1.54) is 89.9 Å². The first kappa shape index (κ1) is 74.9. The molecule has 464 valence electrons. The molecule has 0 saturated carbocycles. The molecule has 0 radical (unpaired) electrons. The number of hydrogen-bond acceptors (Lipinski definition) is 11. The number of rotatable bonds is 55. The lowest BCUT2D eigenvalue weighted by atomic mass is 9.98. The highest BCUT2D eigenvalue weighted by Gasteiger charge is 2.50. The number of carbonyl (C=O) groups is 4. The molecule has 0 amide bonds. The monoisotopic (exact) mass is 1140 g/mol. The van der Waals surface area contributed by atoms with Gasteiger partial charge in [-0.3, -0.25) is 14.4 Å². The van der Waals surface area contributed by atoms with Crippen LogP contribution in [0.1, 0.15) is 278 Å². The average Bonchev–Trinajstić information content (AvgIpc) is 3.45. The maximum Gasteiger partial charge on any atom is 0.335 e. The van der Waals surface area contributed by atoms with E-state index in [0.29, 0.717) is 19.3 Å². The zero-order valence-corrected chi connectivity index (χ0v) is 51.3. The van der Waals surface area contributed by atoms with Crippen LogP contribution in [0.4, 0.5) is 0 Å². The normalized spacial score (nSPS) is 18.3. The molecule has 0 bridgehead atoms. The second-order valence-corrected chi connectivity index (χ2v) is 22.0. The summed E-state index contributed by atoms with van der Waals surface area (Å²) in [5, 5.41) is 31.6. The number of ether oxygens (including phenoxy) is 5. The van der Waals surface area contributed by atoms with Crippen LogP contribution in [0, 0.1) is 0 Å². The van der Waals surface area contributed by atoms with Crippen LogP contribution in [0.25, 0.3) is 0 Å². The van der Waals surface area contributed by atoms with Crippen molar-refractivity contribution in [3.63, 3.8) is 0 Å². The number of carboxylic acids is 1. The van der Waals surface area contributed by atoms with Gasteiger partial charge < -0.3 is 39.0 Å². The Morgan fingerprint density at radius 2 is 0.802 bits per heavy atom. The van der Waals surface area contributed by atoms with Crippen molar-refractivity contribution in [2.45, 2.75) is 314 Å². The molecule has 1 fully saturated rings. The third kappa shape index (κ3) is 46.0. The smallest absolute Gasteiger partial charge is 0.335 e. The number of aliphatic hydroxyl groups is 2. The van der Waals surface area contributed by atoms with Crippen LogP contribution in [0.5, 0.6) is 0 Å². The van der Waals surface area contributed by atoms with E-state index in [2.05, 4.69) is 106 Å². The van der Waals surface area contributed by atoms with Gasteiger partial charge in [0.25, 0.3) is 0 Å². The molecule has 6 unspecified atom stereocenters. The van der Waals surface area contributed by atoms with Gasteiger partial charge in [-0.1, -0.05) is 254 Å². The molecule has 12 nitrogen and oxygen atoms in total. The van der Waals surface area contributed by atoms with Gasteiger partial charge in [-0.2, -0.15) is 0 Å². The first-order chi connectivity index (χ1) is 39.6. The summed E-state index contributed by atoms with van der Waals surface area (Å²) in [6.07, 6.45) is 61.2. The summed E-state index contributed by atoms with van der Waals surface area (Å²) in [4.78, 5) is 51.3. The molecule has 0 aromatic rings. The maximum atomic E-state index is 13.2. The van der Waals surface area contributed by atoms with Crippen LogP contribution in [0.15, 0.2) is 85.1 Å². The Kier molecular flexibility index (Phi) is 52.1. The first-order valence-corrected chi connectivity index (χ1v) is 32.6. The molecule has 0 spiro atoms. The topological polar surface area (TPSA) is 175 Å². The maximum absolute atomic E-state index is 13.2. The molecule has 12 heteroatoms. The number of unbranched alkanes of at least 4 members (excludes halogenated alkanes) is 27. The van der Waals surface area contributed by atoms with Crippen molar-refractivity contribution in [3.8, 4) is 0 Å². The van der Waals surface area contributed by atoms with Gasteiger partial charge in [-0.15, -0.1) is 0 Å². The summed E-state index contributed by atoms with van der Waals surface area (Å²) in [7, 11) is 0. The summed E-state index contributed by atoms with van der Waals surface area (Å²) in [5.41, 5.74) is 0. The summed E-state index contributed by atoms with van der Waals surface area (Å²) < 4.78 is 28.5. The molecule has 0 aromatic carbocycles. The standard InChI is InChI=1S/C69H116O12/c1-4-7-10-13-16-19-22-25-27-29-31-33-35-38-40-43-46-49-52-55-61(70)77-58-60(79-62(71)56-53-50-47-44-41-37-24-21-18-15-12-9-6-3)59-78-69-67(65(74)64(73)66(81-69)68(75)76)80-63(72)57-54-51-48-45-42-39-36-34-32-30-28-26-23-20-17-14-11-8-5-2/h7,10,12,15-16,19,21,24-25,27,31,33,38,40,60,64-67,69,73-74H,4-6,8-9,11,13-14,17-18,20,22-23,26,28-30,32,34-37,39,41-59H2,1-3H3,(H,75,76)/b10-7-,15-12-,19-16-,24-21-,27-25-,33-31-,40-38-. The minimum absolute atomic E-state index is 0.0564. The van der Waals surface area contributed by atoms with Gasteiger partial charge in [-0.05, 0) is 89.9 Å². The van der Waals surface area contributed by atoms with Crippen molar-refractivity contribution < 1.29 is 58.2 Å². The van der Waals surface area contributed by atoms with Crippen LogP contribution in [-0.2, 0) is 42.9 Å². The molecule has 0 aliphatic carbocycles. The Morgan fingerprint density at radius 1 is 0.420 bits per heavy atom. The Labute approximate surface area is 492 Å². The highest BCUT2D eigenvalue weighted by Crippen LogP contribution is 2.27. The van der Waals surface area contributed by atoms with Gasteiger partial charge in [0.05, 0.1) is 6.61 Å². The molecule has 1 saturated heterocycles. The van der Waals surface area contributed by atoms with Crippen LogP contribution < -0.4 is 0 Å². The molecular weight excluding hydrogens is 1020 g/mol. The predicted octanol–water partition coefficient (Wildman–Crippen LogP) is 17.5. The second-order valence-electron chi connectivity index (χ2n) is 22.0. The number of aliphatic hydroxyl groups excluding tert-OH is 2. The number of allylic oxidation sites excluding steroid dienone is 14. The third-order valence-corrected chi connectivity index (χ3v) is 14.4. The van der Waals surface area contributed by atoms with Crippen molar-refractivity contribution in [2.75, 3.05) is 13.2 Å². The summed E-state index contributed by atoms with van der Waals surface area (Å²) >= 11 is 0. The minimum atomic E-state index is -1.91. The lowest BCUT2D eigenvalue weighted by molar-refractivity contribution is -0.301. The van der Waals surface area contributed by atoms with E-state index < -0.39 is 67.3 Å². The summed E-state index contributed by atoms with van der Waals surface area (Å²) in [6, 6.07) is 0. The average molecular weight is 1140 g/mol. The Bertz CT molecular complexity index is 1730. The fourth-order valence-electron chi connectivity index (χ4n) is 9.49. The molecule has 6 atom stereocenters. The van der Waals surface area contributed by atoms with Gasteiger partial charge in [-0.25, -0.2) is 4.79 Å². The molecule has 1 rings (SSSR count). The van der Waals surface area contributed by atoms with E-state index in [-0.39, 0.29) is 25.9 Å². The lowest BCUT2D eigenvalue weighted by Crippen LogP contribution is -2.61. The molecule has 1 aliphatic heterocycles. The van der Waals surface area contributed by atoms with E-state index in [1.54, 1.807) is 0 Å². The largest absolute Gasteiger partial charge is 0.479 e. The fraction of sp³-hybridized carbons (Fsp3) is 0.739. The quantitative estimate of drug-likeness (QED) is 0.0228. The van der Waals surface area contributed by atoms with Crippen LogP contribution in [0.2, 0.25) is 0 Å². The van der Waals surface area contributed by atoms with Crippen molar-refractivity contribution in [1.82, 2.24) is 0 Å². The molecule has 3 N–H and O–H groups in total. The van der Waals surface area contributed by atoms with Gasteiger partial charge in [0.15, 0.2) is 24.6 Å². The number of carbonyl (C=O) groups excluding carboxylic acids is 3. The van der Waals surface area contributed by atoms with E-state index in [4.69, 9.17) is 23.7 Å². The highest BCUT2D eigenvalue weighted by molar-refractivity contribution is 5.74. The molecule has 81 heavy (non-hydrogen) atoms. The van der Waals surface area contributed by atoms with E-state index in [0.717, 1.165) is 128 Å². The van der Waals surface area contributed by atoms with Crippen LogP contribution >= 0.6 is 0 Å². The van der Waals surface area contributed by atoms with Gasteiger partial charge >= 0.3 is 23.9 Å². The minimum Gasteiger partial charge on any atom is -0.479 e. The van der Waals surface area contributed by atoms with Crippen LogP contribution in [-0.4, -0.2) is 89.2 Å². The van der Waals surface area contributed by atoms with Crippen molar-refractivity contribution in [2.24, 2.45) is 0 Å². The number of esters is 3. The third-order valence-electron chi connectivity index (χ3n) is 14.4. The van der Waals surface area contributed by atoms with Gasteiger partial charge in [0.1, 0.15) is 18.8 Å². The van der Waals surface area contributed by atoms with Crippen molar-refractivity contribution in [1.29, 1.82) is 0 Å². The van der Waals surface area contributed by atoms with Crippen LogP contribution in [0.3, 0.4) is 0 Å². The summed E-state index contributed by atoms with van der Waals surface area (Å²) in [5.74, 6) is -3.17. The predicted molar refractivity (Wildman–Crippen MR) is 331 cm³/mol. The molecular formula is C69H116O12. The van der Waals surface area contributed by atoms with E-state index in [9.17, 15) is 34.5 Å². The number of carboxylic acid groups (broad SMARTS) is 1. The molecule has 1 heterocycles.